The monoisotopic (exact) mass is 724 g/mol. The summed E-state index contributed by atoms with van der Waals surface area (Å²) < 4.78 is 58.9. The molecule has 2 atom stereocenters. The summed E-state index contributed by atoms with van der Waals surface area (Å²) in [5.41, 5.74) is 2.01. The summed E-state index contributed by atoms with van der Waals surface area (Å²) in [6, 6.07) is 15.2. The SMILES string of the molecule is CC1CNCCN1S(=O)(=O)c1cccc2cnccc12.CCN(CCO)CCCC(C)Nc1ccnc2cc(Cl)ccc12.O=S(=O)(O)O. The van der Waals surface area contributed by atoms with Gasteiger partial charge in [0.25, 0.3) is 0 Å². The first kappa shape index (κ1) is 39.4. The summed E-state index contributed by atoms with van der Waals surface area (Å²) in [6.07, 6.45) is 7.32. The topological polar surface area (TPSA) is 185 Å². The van der Waals surface area contributed by atoms with E-state index in [9.17, 15) is 8.42 Å². The molecule has 5 rings (SSSR count). The molecule has 0 aliphatic carbocycles. The van der Waals surface area contributed by atoms with Gasteiger partial charge >= 0.3 is 10.4 Å². The van der Waals surface area contributed by atoms with Crippen molar-refractivity contribution in [1.82, 2.24) is 24.5 Å². The minimum atomic E-state index is -4.67. The predicted octanol–water partition coefficient (Wildman–Crippen LogP) is 4.35. The molecule has 5 N–H and O–H groups in total. The lowest BCUT2D eigenvalue weighted by Crippen LogP contribution is -2.52. The highest BCUT2D eigenvalue weighted by atomic mass is 35.5. The molecular formula is C32H45ClN6O7S2. The minimum absolute atomic E-state index is 0.0363. The van der Waals surface area contributed by atoms with Crippen LogP contribution in [0.15, 0.2) is 72.0 Å². The summed E-state index contributed by atoms with van der Waals surface area (Å²) in [5, 5.41) is 19.2. The zero-order valence-corrected chi connectivity index (χ0v) is 29.7. The van der Waals surface area contributed by atoms with Crippen LogP contribution in [-0.2, 0) is 20.4 Å². The fourth-order valence-electron chi connectivity index (χ4n) is 5.40. The number of fused-ring (bicyclic) bond motifs is 2. The highest BCUT2D eigenvalue weighted by molar-refractivity contribution is 7.89. The third-order valence-electron chi connectivity index (χ3n) is 7.75. The second-order valence-corrected chi connectivity index (χ2v) is 14.5. The molecule has 1 fully saturated rings. The molecule has 1 saturated heterocycles. The van der Waals surface area contributed by atoms with E-state index in [1.54, 1.807) is 34.9 Å². The molecular weight excluding hydrogens is 680 g/mol. The molecule has 3 heterocycles. The first-order chi connectivity index (χ1) is 22.7. The van der Waals surface area contributed by atoms with Gasteiger partial charge in [-0.05, 0) is 76.2 Å². The van der Waals surface area contributed by atoms with Crippen molar-refractivity contribution in [3.8, 4) is 0 Å². The largest absolute Gasteiger partial charge is 0.395 e. The second kappa shape index (κ2) is 18.7. The van der Waals surface area contributed by atoms with Crippen LogP contribution in [0.25, 0.3) is 21.7 Å². The first-order valence-electron chi connectivity index (χ1n) is 15.6. The van der Waals surface area contributed by atoms with E-state index in [0.29, 0.717) is 35.6 Å². The van der Waals surface area contributed by atoms with Crippen molar-refractivity contribution in [3.63, 3.8) is 0 Å². The van der Waals surface area contributed by atoms with Gasteiger partial charge in [-0.1, -0.05) is 30.7 Å². The van der Waals surface area contributed by atoms with Crippen molar-refractivity contribution in [3.05, 3.63) is 72.1 Å². The average molecular weight is 725 g/mol. The van der Waals surface area contributed by atoms with Gasteiger partial charge in [-0.3, -0.25) is 19.1 Å². The van der Waals surface area contributed by atoms with Crippen LogP contribution in [-0.4, -0.2) is 108 Å². The Morgan fingerprint density at radius 3 is 2.52 bits per heavy atom. The average Bonchev–Trinajstić information content (AvgIpc) is 3.03. The Morgan fingerprint density at radius 1 is 1.08 bits per heavy atom. The number of nitrogens with zero attached hydrogens (tertiary/aromatic N) is 4. The Balaban J connectivity index is 0.000000230. The number of sulfonamides is 1. The second-order valence-electron chi connectivity index (χ2n) is 11.3. The predicted molar refractivity (Wildman–Crippen MR) is 190 cm³/mol. The molecule has 0 spiro atoms. The molecule has 264 valence electrons. The molecule has 1 aliphatic heterocycles. The first-order valence-corrected chi connectivity index (χ1v) is 18.8. The number of aliphatic hydroxyl groups is 1. The Labute approximate surface area is 288 Å². The molecule has 13 nitrogen and oxygen atoms in total. The van der Waals surface area contributed by atoms with E-state index < -0.39 is 20.4 Å². The van der Waals surface area contributed by atoms with Crippen molar-refractivity contribution in [2.75, 3.05) is 51.2 Å². The molecule has 0 radical (unpaired) electrons. The van der Waals surface area contributed by atoms with Gasteiger partial charge in [-0.2, -0.15) is 12.7 Å². The van der Waals surface area contributed by atoms with Crippen LogP contribution in [0.1, 0.15) is 33.6 Å². The number of hydrogen-bond acceptors (Lipinski definition) is 10. The summed E-state index contributed by atoms with van der Waals surface area (Å²) in [4.78, 5) is 11.1. The van der Waals surface area contributed by atoms with E-state index in [4.69, 9.17) is 34.2 Å². The molecule has 1 aliphatic rings. The fourth-order valence-corrected chi connectivity index (χ4v) is 7.41. The number of nitrogens with one attached hydrogen (secondary N) is 2. The normalized spacial score (nSPS) is 16.1. The lowest BCUT2D eigenvalue weighted by atomic mass is 10.1. The summed E-state index contributed by atoms with van der Waals surface area (Å²) >= 11 is 6.03. The number of hydrogen-bond donors (Lipinski definition) is 5. The number of aromatic nitrogens is 2. The van der Waals surface area contributed by atoms with Crippen LogP contribution >= 0.6 is 11.6 Å². The zero-order valence-electron chi connectivity index (χ0n) is 27.3. The number of pyridine rings is 2. The number of benzene rings is 2. The molecule has 2 aromatic heterocycles. The highest BCUT2D eigenvalue weighted by Gasteiger charge is 2.31. The molecule has 2 aromatic carbocycles. The van der Waals surface area contributed by atoms with Gasteiger partial charge in [0.05, 0.1) is 17.0 Å². The van der Waals surface area contributed by atoms with Gasteiger partial charge in [0.1, 0.15) is 0 Å². The highest BCUT2D eigenvalue weighted by Crippen LogP contribution is 2.27. The van der Waals surface area contributed by atoms with Gasteiger partial charge in [0.2, 0.25) is 10.0 Å². The summed E-state index contributed by atoms with van der Waals surface area (Å²) in [5.74, 6) is 0. The van der Waals surface area contributed by atoms with E-state index in [2.05, 4.69) is 39.3 Å². The Bertz CT molecular complexity index is 1820. The molecule has 16 heteroatoms. The number of rotatable bonds is 11. The van der Waals surface area contributed by atoms with Crippen molar-refractivity contribution < 1.29 is 31.0 Å². The van der Waals surface area contributed by atoms with Crippen molar-refractivity contribution in [1.29, 1.82) is 0 Å². The molecule has 4 aromatic rings. The van der Waals surface area contributed by atoms with Gasteiger partial charge < -0.3 is 20.6 Å². The summed E-state index contributed by atoms with van der Waals surface area (Å²) in [7, 11) is -8.14. The van der Waals surface area contributed by atoms with E-state index >= 15 is 0 Å². The lowest BCUT2D eigenvalue weighted by molar-refractivity contribution is 0.199. The van der Waals surface area contributed by atoms with E-state index in [1.807, 2.05) is 43.5 Å². The Kier molecular flexibility index (Phi) is 15.4. The number of likely N-dealkylation sites (N-methyl/N-ethyl adjacent to an activating group) is 1. The van der Waals surface area contributed by atoms with Crippen LogP contribution in [0, 0.1) is 0 Å². The fraction of sp³-hybridized carbons (Fsp3) is 0.438. The van der Waals surface area contributed by atoms with Crippen LogP contribution < -0.4 is 10.6 Å². The maximum Gasteiger partial charge on any atom is 0.394 e. The third-order valence-corrected chi connectivity index (χ3v) is 10.1. The van der Waals surface area contributed by atoms with Gasteiger partial charge in [-0.25, -0.2) is 8.42 Å². The molecule has 0 amide bonds. The third kappa shape index (κ3) is 12.2. The Hall–Kier alpha value is -2.99. The molecule has 0 bridgehead atoms. The maximum atomic E-state index is 12.9. The van der Waals surface area contributed by atoms with Crippen molar-refractivity contribution in [2.45, 2.75) is 50.6 Å². The number of piperazine rings is 1. The maximum absolute atomic E-state index is 12.9. The van der Waals surface area contributed by atoms with E-state index in [-0.39, 0.29) is 12.6 Å². The minimum Gasteiger partial charge on any atom is -0.395 e. The molecule has 2 unspecified atom stereocenters. The van der Waals surface area contributed by atoms with Crippen molar-refractivity contribution >= 4 is 59.4 Å². The molecule has 48 heavy (non-hydrogen) atoms. The number of anilines is 1. The van der Waals surface area contributed by atoms with Gasteiger partial charge in [0, 0.05) is 83.7 Å². The van der Waals surface area contributed by atoms with Crippen LogP contribution in [0.3, 0.4) is 0 Å². The van der Waals surface area contributed by atoms with E-state index in [1.165, 1.54) is 0 Å². The van der Waals surface area contributed by atoms with E-state index in [0.717, 1.165) is 59.8 Å². The summed E-state index contributed by atoms with van der Waals surface area (Å²) in [6.45, 7) is 11.1. The molecule has 0 saturated carbocycles. The number of halogens is 1. The Morgan fingerprint density at radius 2 is 1.83 bits per heavy atom. The van der Waals surface area contributed by atoms with Crippen LogP contribution in [0.4, 0.5) is 5.69 Å². The smallest absolute Gasteiger partial charge is 0.394 e. The standard InChI is InChI=1S/C18H26ClN3O.C14H17N3O2S.H2O4S/c1-3-22(11-12-23)10-4-5-14(2)21-17-8-9-20-18-13-15(19)6-7-16(17)18;1-11-9-16-7-8-17(11)20(18,19)14-4-2-3-12-10-15-6-5-13(12)14;1-5(2,3)4/h6-9,13-14,23H,3-5,10-12H2,1-2H3,(H,20,21);2-6,10-11,16H,7-9H2,1H3;(H2,1,2,3,4). The van der Waals surface area contributed by atoms with Gasteiger partial charge in [-0.15, -0.1) is 0 Å². The number of aliphatic hydroxyl groups excluding tert-OH is 1. The quantitative estimate of drug-likeness (QED) is 0.138. The van der Waals surface area contributed by atoms with Gasteiger partial charge in [0.15, 0.2) is 0 Å². The van der Waals surface area contributed by atoms with Crippen LogP contribution in [0.2, 0.25) is 5.02 Å². The van der Waals surface area contributed by atoms with Crippen molar-refractivity contribution in [2.24, 2.45) is 0 Å². The lowest BCUT2D eigenvalue weighted by Gasteiger charge is -2.33. The zero-order chi connectivity index (χ0) is 35.3. The van der Waals surface area contributed by atoms with Crippen LogP contribution in [0.5, 0.6) is 0 Å².